The first kappa shape index (κ1) is 14.8. The molecule has 0 saturated carbocycles. The van der Waals surface area contributed by atoms with Crippen LogP contribution in [0.3, 0.4) is 0 Å². The van der Waals surface area contributed by atoms with Gasteiger partial charge in [-0.15, -0.1) is 0 Å². The minimum Gasteiger partial charge on any atom is -0.390 e. The summed E-state index contributed by atoms with van der Waals surface area (Å²) < 4.78 is 26.8. The van der Waals surface area contributed by atoms with Crippen molar-refractivity contribution in [3.63, 3.8) is 0 Å². The number of nitrogens with one attached hydrogen (secondary N) is 1. The number of halogens is 4. The number of aliphatic hydroxyl groups excluding tert-OH is 1. The smallest absolute Gasteiger partial charge is 0.287 e. The number of aliphatic hydroxyl groups is 1. The third-order valence-electron chi connectivity index (χ3n) is 1.91. The van der Waals surface area contributed by atoms with Crippen LogP contribution < -0.4 is 5.32 Å². The minimum absolute atomic E-state index is 0.314. The summed E-state index contributed by atoms with van der Waals surface area (Å²) in [4.78, 5) is 11.6. The van der Waals surface area contributed by atoms with Gasteiger partial charge in [0, 0.05) is 8.04 Å². The Morgan fingerprint density at radius 1 is 1.53 bits per heavy atom. The van der Waals surface area contributed by atoms with Crippen LogP contribution in [0.1, 0.15) is 10.4 Å². The van der Waals surface area contributed by atoms with Gasteiger partial charge in [-0.3, -0.25) is 4.79 Å². The fourth-order valence-corrected chi connectivity index (χ4v) is 1.97. The fourth-order valence-electron chi connectivity index (χ4n) is 1.03. The van der Waals surface area contributed by atoms with Crippen LogP contribution in [-0.4, -0.2) is 30.1 Å². The molecule has 3 nitrogen and oxygen atoms in total. The first-order chi connectivity index (χ1) is 7.85. The number of hydrogen-bond acceptors (Lipinski definition) is 2. The molecule has 0 radical (unpaired) electrons. The Labute approximate surface area is 119 Å². The predicted molar refractivity (Wildman–Crippen MR) is 71.2 cm³/mol. The molecule has 2 N–H and O–H groups in total. The summed E-state index contributed by atoms with van der Waals surface area (Å²) in [7, 11) is 0. The van der Waals surface area contributed by atoms with E-state index in [9.17, 15) is 13.6 Å². The summed E-state index contributed by atoms with van der Waals surface area (Å²) in [6.07, 6.45) is 0. The van der Waals surface area contributed by atoms with E-state index in [1.165, 1.54) is 0 Å². The van der Waals surface area contributed by atoms with Gasteiger partial charge in [-0.2, -0.15) is 0 Å². The van der Waals surface area contributed by atoms with E-state index < -0.39 is 25.0 Å². The van der Waals surface area contributed by atoms with Gasteiger partial charge in [0.2, 0.25) is 0 Å². The standard InChI is InChI=1S/C10H9BrF2INO2/c11-6-1-2-8(14)7(3-6)9(17)15-4-10(12,13)5-16/h1-3,16H,4-5H2,(H,15,17). The van der Waals surface area contributed by atoms with Gasteiger partial charge in [0.1, 0.15) is 6.61 Å². The van der Waals surface area contributed by atoms with Gasteiger partial charge >= 0.3 is 0 Å². The van der Waals surface area contributed by atoms with Crippen LogP contribution in [0, 0.1) is 3.57 Å². The third-order valence-corrected chi connectivity index (χ3v) is 3.35. The number of carbonyl (C=O) groups is 1. The summed E-state index contributed by atoms with van der Waals surface area (Å²) in [6, 6.07) is 5.00. The van der Waals surface area contributed by atoms with Crippen molar-refractivity contribution in [2.45, 2.75) is 5.92 Å². The highest BCUT2D eigenvalue weighted by molar-refractivity contribution is 14.1. The zero-order valence-corrected chi connectivity index (χ0v) is 12.3. The van der Waals surface area contributed by atoms with Crippen molar-refractivity contribution in [3.05, 3.63) is 31.8 Å². The second-order valence-corrected chi connectivity index (χ2v) is 5.40. The maximum Gasteiger partial charge on any atom is 0.287 e. The topological polar surface area (TPSA) is 49.3 Å². The molecule has 1 amide bonds. The zero-order chi connectivity index (χ0) is 13.1. The molecule has 0 spiro atoms. The van der Waals surface area contributed by atoms with Gasteiger partial charge < -0.3 is 10.4 Å². The number of hydrogen-bond donors (Lipinski definition) is 2. The van der Waals surface area contributed by atoms with Crippen molar-refractivity contribution in [1.82, 2.24) is 5.32 Å². The summed E-state index contributed by atoms with van der Waals surface area (Å²) in [5.41, 5.74) is 0.314. The molecule has 1 aromatic carbocycles. The zero-order valence-electron chi connectivity index (χ0n) is 8.51. The molecule has 0 heterocycles. The lowest BCUT2D eigenvalue weighted by Crippen LogP contribution is -2.39. The fraction of sp³-hybridized carbons (Fsp3) is 0.300. The Balaban J connectivity index is 2.74. The lowest BCUT2D eigenvalue weighted by molar-refractivity contribution is -0.0462. The van der Waals surface area contributed by atoms with Crippen molar-refractivity contribution in [1.29, 1.82) is 0 Å². The average Bonchev–Trinajstić information content (AvgIpc) is 2.29. The Hall–Kier alpha value is -0.280. The van der Waals surface area contributed by atoms with E-state index in [1.807, 2.05) is 22.6 Å². The van der Waals surface area contributed by atoms with E-state index in [2.05, 4.69) is 21.2 Å². The molecule has 0 aromatic heterocycles. The maximum absolute atomic E-state index is 12.7. The van der Waals surface area contributed by atoms with Crippen molar-refractivity contribution < 1.29 is 18.7 Å². The summed E-state index contributed by atoms with van der Waals surface area (Å²) in [5, 5.41) is 10.4. The van der Waals surface area contributed by atoms with E-state index in [-0.39, 0.29) is 0 Å². The molecule has 17 heavy (non-hydrogen) atoms. The largest absolute Gasteiger partial charge is 0.390 e. The Morgan fingerprint density at radius 2 is 2.18 bits per heavy atom. The number of carbonyl (C=O) groups excluding carboxylic acids is 1. The monoisotopic (exact) mass is 419 g/mol. The van der Waals surface area contributed by atoms with Crippen LogP contribution in [-0.2, 0) is 0 Å². The van der Waals surface area contributed by atoms with Crippen molar-refractivity contribution in [2.75, 3.05) is 13.2 Å². The Bertz CT molecular complexity index is 429. The molecule has 0 aliphatic carbocycles. The SMILES string of the molecule is O=C(NCC(F)(F)CO)c1cc(Br)ccc1I. The first-order valence-electron chi connectivity index (χ1n) is 4.57. The number of benzene rings is 1. The Morgan fingerprint density at radius 3 is 2.76 bits per heavy atom. The van der Waals surface area contributed by atoms with Crippen LogP contribution in [0.5, 0.6) is 0 Å². The lowest BCUT2D eigenvalue weighted by atomic mass is 10.2. The highest BCUT2D eigenvalue weighted by atomic mass is 127. The van der Waals surface area contributed by atoms with Crippen molar-refractivity contribution in [3.8, 4) is 0 Å². The summed E-state index contributed by atoms with van der Waals surface area (Å²) >= 11 is 5.14. The van der Waals surface area contributed by atoms with Gasteiger partial charge in [0.05, 0.1) is 12.1 Å². The summed E-state index contributed by atoms with van der Waals surface area (Å²) in [5.74, 6) is -3.89. The van der Waals surface area contributed by atoms with Gasteiger partial charge in [0.15, 0.2) is 0 Å². The van der Waals surface area contributed by atoms with Crippen LogP contribution in [0.15, 0.2) is 22.7 Å². The molecule has 0 aliphatic heterocycles. The van der Waals surface area contributed by atoms with Gasteiger partial charge in [-0.25, -0.2) is 8.78 Å². The average molecular weight is 420 g/mol. The Kier molecular flexibility index (Phi) is 5.26. The molecular weight excluding hydrogens is 411 g/mol. The molecule has 0 saturated heterocycles. The molecule has 0 atom stereocenters. The van der Waals surface area contributed by atoms with E-state index in [1.54, 1.807) is 18.2 Å². The number of amides is 1. The van der Waals surface area contributed by atoms with Crippen LogP contribution >= 0.6 is 38.5 Å². The predicted octanol–water partition coefficient (Wildman–Crippen LogP) is 2.41. The quantitative estimate of drug-likeness (QED) is 0.736. The molecule has 0 bridgehead atoms. The first-order valence-corrected chi connectivity index (χ1v) is 6.45. The second-order valence-electron chi connectivity index (χ2n) is 3.32. The molecular formula is C10H9BrF2INO2. The maximum atomic E-state index is 12.7. The molecule has 0 aliphatic rings. The van der Waals surface area contributed by atoms with Gasteiger partial charge in [-0.05, 0) is 40.8 Å². The lowest BCUT2D eigenvalue weighted by Gasteiger charge is -2.14. The highest BCUT2D eigenvalue weighted by Crippen LogP contribution is 2.18. The number of alkyl halides is 2. The highest BCUT2D eigenvalue weighted by Gasteiger charge is 2.28. The van der Waals surface area contributed by atoms with Crippen molar-refractivity contribution in [2.24, 2.45) is 0 Å². The van der Waals surface area contributed by atoms with E-state index in [4.69, 9.17) is 5.11 Å². The second kappa shape index (κ2) is 6.05. The normalized spacial score (nSPS) is 11.4. The molecule has 0 unspecified atom stereocenters. The van der Waals surface area contributed by atoms with Gasteiger partial charge in [-0.1, -0.05) is 15.9 Å². The molecule has 1 aromatic rings. The van der Waals surface area contributed by atoms with Crippen LogP contribution in [0.25, 0.3) is 0 Å². The minimum atomic E-state index is -3.30. The number of rotatable bonds is 4. The molecule has 1 rings (SSSR count). The van der Waals surface area contributed by atoms with E-state index >= 15 is 0 Å². The molecule has 0 fully saturated rings. The van der Waals surface area contributed by atoms with Gasteiger partial charge in [0.25, 0.3) is 11.8 Å². The molecule has 7 heteroatoms. The van der Waals surface area contributed by atoms with Crippen LogP contribution in [0.2, 0.25) is 0 Å². The van der Waals surface area contributed by atoms with Crippen LogP contribution in [0.4, 0.5) is 8.78 Å². The van der Waals surface area contributed by atoms with E-state index in [0.717, 1.165) is 0 Å². The third kappa shape index (κ3) is 4.47. The van der Waals surface area contributed by atoms with Crippen molar-refractivity contribution >= 4 is 44.4 Å². The van der Waals surface area contributed by atoms with E-state index in [0.29, 0.717) is 13.6 Å². The summed E-state index contributed by atoms with van der Waals surface area (Å²) in [6.45, 7) is -2.17. The molecule has 94 valence electrons.